The van der Waals surface area contributed by atoms with Gasteiger partial charge in [-0.2, -0.15) is 0 Å². The largest absolute Gasteiger partial charge is 0.388 e. The number of hydrogen-bond donors (Lipinski definition) is 3. The molecule has 1 aromatic carbocycles. The van der Waals surface area contributed by atoms with Gasteiger partial charge in [0.2, 0.25) is 0 Å². The molecule has 2 rings (SSSR count). The summed E-state index contributed by atoms with van der Waals surface area (Å²) in [5.74, 6) is -0.320. The maximum Gasteiger partial charge on any atom is 0.315 e. The Hall–Kier alpha value is -1.66. The Balaban J connectivity index is 1.79. The lowest BCUT2D eigenvalue weighted by Crippen LogP contribution is -2.47. The van der Waals surface area contributed by atoms with E-state index < -0.39 is 5.60 Å². The van der Waals surface area contributed by atoms with Crippen LogP contribution in [0.2, 0.25) is 0 Å². The number of benzene rings is 1. The molecule has 1 aromatic rings. The first-order chi connectivity index (χ1) is 11.0. The van der Waals surface area contributed by atoms with Crippen LogP contribution in [0.5, 0.6) is 0 Å². The highest BCUT2D eigenvalue weighted by Gasteiger charge is 2.29. The molecule has 0 saturated heterocycles. The number of hydrogen-bond acceptors (Lipinski definition) is 3. The molecule has 1 aliphatic carbocycles. The van der Waals surface area contributed by atoms with Crippen LogP contribution in [0.25, 0.3) is 0 Å². The molecular weight excluding hydrogens is 299 g/mol. The monoisotopic (exact) mass is 324 g/mol. The van der Waals surface area contributed by atoms with Crippen molar-refractivity contribution >= 4 is 6.03 Å². The molecule has 23 heavy (non-hydrogen) atoms. The van der Waals surface area contributed by atoms with E-state index in [0.29, 0.717) is 12.1 Å². The Bertz CT molecular complexity index is 531. The highest BCUT2D eigenvalue weighted by molar-refractivity contribution is 5.73. The summed E-state index contributed by atoms with van der Waals surface area (Å²) >= 11 is 0. The van der Waals surface area contributed by atoms with Crippen molar-refractivity contribution in [3.63, 3.8) is 0 Å². The Labute approximate surface area is 136 Å². The van der Waals surface area contributed by atoms with E-state index in [-0.39, 0.29) is 25.0 Å². The number of urea groups is 1. The number of rotatable bonds is 6. The van der Waals surface area contributed by atoms with Crippen LogP contribution < -0.4 is 10.6 Å². The summed E-state index contributed by atoms with van der Waals surface area (Å²) in [5, 5.41) is 15.8. The molecule has 1 saturated carbocycles. The van der Waals surface area contributed by atoms with E-state index in [4.69, 9.17) is 4.74 Å². The van der Waals surface area contributed by atoms with Gasteiger partial charge in [0, 0.05) is 25.8 Å². The van der Waals surface area contributed by atoms with E-state index in [1.54, 1.807) is 12.1 Å². The van der Waals surface area contributed by atoms with Crippen LogP contribution in [-0.2, 0) is 17.9 Å². The van der Waals surface area contributed by atoms with Gasteiger partial charge in [0.15, 0.2) is 0 Å². The van der Waals surface area contributed by atoms with E-state index in [9.17, 15) is 14.3 Å². The molecule has 0 radical (unpaired) electrons. The quantitative estimate of drug-likeness (QED) is 0.753. The SMILES string of the molecule is COCc1cc(CNC(=O)NCC2(O)CCCCC2)ccc1F. The number of nitrogens with one attached hydrogen (secondary N) is 2. The van der Waals surface area contributed by atoms with Crippen molar-refractivity contribution in [3.05, 3.63) is 35.1 Å². The van der Waals surface area contributed by atoms with Crippen molar-refractivity contribution in [2.24, 2.45) is 0 Å². The molecule has 5 nitrogen and oxygen atoms in total. The van der Waals surface area contributed by atoms with Crippen molar-refractivity contribution in [3.8, 4) is 0 Å². The van der Waals surface area contributed by atoms with Gasteiger partial charge in [-0.15, -0.1) is 0 Å². The summed E-state index contributed by atoms with van der Waals surface area (Å²) in [5.41, 5.74) is 0.477. The van der Waals surface area contributed by atoms with Crippen molar-refractivity contribution in [1.29, 1.82) is 0 Å². The Morgan fingerprint density at radius 2 is 2.04 bits per heavy atom. The molecular formula is C17H25FN2O3. The summed E-state index contributed by atoms with van der Waals surface area (Å²) in [4.78, 5) is 11.8. The second-order valence-electron chi connectivity index (χ2n) is 6.18. The molecule has 3 N–H and O–H groups in total. The second-order valence-corrected chi connectivity index (χ2v) is 6.18. The smallest absolute Gasteiger partial charge is 0.315 e. The van der Waals surface area contributed by atoms with Crippen LogP contribution in [0, 0.1) is 5.82 Å². The molecule has 128 valence electrons. The average molecular weight is 324 g/mol. The minimum atomic E-state index is -0.781. The lowest BCUT2D eigenvalue weighted by molar-refractivity contribution is 0.00719. The first-order valence-electron chi connectivity index (χ1n) is 8.03. The molecule has 6 heteroatoms. The normalized spacial score (nSPS) is 16.8. The summed E-state index contributed by atoms with van der Waals surface area (Å²) < 4.78 is 18.5. The van der Waals surface area contributed by atoms with E-state index in [1.165, 1.54) is 13.2 Å². The molecule has 0 aromatic heterocycles. The van der Waals surface area contributed by atoms with Gasteiger partial charge in [0.25, 0.3) is 0 Å². The molecule has 0 aliphatic heterocycles. The van der Waals surface area contributed by atoms with Gasteiger partial charge >= 0.3 is 6.03 Å². The van der Waals surface area contributed by atoms with E-state index >= 15 is 0 Å². The van der Waals surface area contributed by atoms with Gasteiger partial charge in [0.05, 0.1) is 12.2 Å². The zero-order valence-corrected chi connectivity index (χ0v) is 13.5. The minimum absolute atomic E-state index is 0.193. The molecule has 1 fully saturated rings. The zero-order chi connectivity index (χ0) is 16.7. The van der Waals surface area contributed by atoms with Crippen LogP contribution in [0.15, 0.2) is 18.2 Å². The Morgan fingerprint density at radius 3 is 2.74 bits per heavy atom. The molecule has 0 bridgehead atoms. The minimum Gasteiger partial charge on any atom is -0.388 e. The number of aliphatic hydroxyl groups is 1. The summed E-state index contributed by atoms with van der Waals surface area (Å²) in [7, 11) is 1.51. The zero-order valence-electron chi connectivity index (χ0n) is 13.5. The highest BCUT2D eigenvalue weighted by Crippen LogP contribution is 2.27. The van der Waals surface area contributed by atoms with Gasteiger partial charge in [-0.1, -0.05) is 25.3 Å². The number of carbonyl (C=O) groups excluding carboxylic acids is 1. The first-order valence-corrected chi connectivity index (χ1v) is 8.03. The fourth-order valence-corrected chi connectivity index (χ4v) is 2.88. The van der Waals surface area contributed by atoms with Gasteiger partial charge < -0.3 is 20.5 Å². The van der Waals surface area contributed by atoms with E-state index in [1.807, 2.05) is 0 Å². The molecule has 0 spiro atoms. The van der Waals surface area contributed by atoms with Crippen LogP contribution in [0.4, 0.5) is 9.18 Å². The van der Waals surface area contributed by atoms with Crippen LogP contribution >= 0.6 is 0 Å². The van der Waals surface area contributed by atoms with Crippen LogP contribution in [-0.4, -0.2) is 30.4 Å². The standard InChI is InChI=1S/C17H25FN2O3/c1-23-11-14-9-13(5-6-15(14)18)10-19-16(21)20-12-17(22)7-3-2-4-8-17/h5-6,9,22H,2-4,7-8,10-12H2,1H3,(H2,19,20,21). The fraction of sp³-hybridized carbons (Fsp3) is 0.588. The maximum atomic E-state index is 13.5. The lowest BCUT2D eigenvalue weighted by Gasteiger charge is -2.32. The molecule has 2 amide bonds. The van der Waals surface area contributed by atoms with Gasteiger partial charge in [-0.3, -0.25) is 0 Å². The van der Waals surface area contributed by atoms with Gasteiger partial charge in [-0.05, 0) is 30.5 Å². The summed E-state index contributed by atoms with van der Waals surface area (Å²) in [6.45, 7) is 0.747. The third kappa shape index (κ3) is 5.48. The fourth-order valence-electron chi connectivity index (χ4n) is 2.88. The van der Waals surface area contributed by atoms with Crippen molar-refractivity contribution in [2.45, 2.75) is 50.9 Å². The highest BCUT2D eigenvalue weighted by atomic mass is 19.1. The number of ether oxygens (including phenoxy) is 1. The molecule has 0 unspecified atom stereocenters. The third-order valence-electron chi connectivity index (χ3n) is 4.23. The molecule has 1 aliphatic rings. The summed E-state index contributed by atoms with van der Waals surface area (Å²) in [6, 6.07) is 4.34. The number of carbonyl (C=O) groups is 1. The maximum absolute atomic E-state index is 13.5. The van der Waals surface area contributed by atoms with Crippen molar-refractivity contribution in [2.75, 3.05) is 13.7 Å². The van der Waals surface area contributed by atoms with E-state index in [2.05, 4.69) is 10.6 Å². The first kappa shape index (κ1) is 17.7. The van der Waals surface area contributed by atoms with Gasteiger partial charge in [-0.25, -0.2) is 9.18 Å². The molecule has 0 heterocycles. The average Bonchev–Trinajstić information content (AvgIpc) is 2.55. The topological polar surface area (TPSA) is 70.6 Å². The second kappa shape index (κ2) is 8.26. The van der Waals surface area contributed by atoms with Gasteiger partial charge in [0.1, 0.15) is 5.82 Å². The number of halogens is 1. The lowest BCUT2D eigenvalue weighted by atomic mass is 9.85. The van der Waals surface area contributed by atoms with E-state index in [0.717, 1.165) is 37.7 Å². The number of amides is 2. The van der Waals surface area contributed by atoms with Crippen LogP contribution in [0.3, 0.4) is 0 Å². The number of methoxy groups -OCH3 is 1. The predicted octanol–water partition coefficient (Wildman–Crippen LogP) is 2.47. The van der Waals surface area contributed by atoms with Crippen molar-refractivity contribution in [1.82, 2.24) is 10.6 Å². The van der Waals surface area contributed by atoms with Crippen LogP contribution in [0.1, 0.15) is 43.2 Å². The predicted molar refractivity (Wildman–Crippen MR) is 85.4 cm³/mol. The Morgan fingerprint density at radius 1 is 1.30 bits per heavy atom. The Kier molecular flexibility index (Phi) is 6.36. The third-order valence-corrected chi connectivity index (χ3v) is 4.23. The summed E-state index contributed by atoms with van der Waals surface area (Å²) in [6.07, 6.45) is 4.59. The molecule has 0 atom stereocenters. The van der Waals surface area contributed by atoms with Crippen molar-refractivity contribution < 1.29 is 19.0 Å².